The molecule has 7 nitrogen and oxygen atoms in total. The average Bonchev–Trinajstić information content (AvgIpc) is 3.17. The Balaban J connectivity index is 2.24. The van der Waals surface area contributed by atoms with Gasteiger partial charge in [-0.2, -0.15) is 0 Å². The lowest BCUT2D eigenvalue weighted by Crippen LogP contribution is -2.32. The monoisotopic (exact) mass is 320 g/mol. The van der Waals surface area contributed by atoms with Crippen molar-refractivity contribution in [3.05, 3.63) is 33.3 Å². The van der Waals surface area contributed by atoms with Crippen molar-refractivity contribution in [2.24, 2.45) is 5.41 Å². The Hall–Kier alpha value is -1.22. The molecule has 1 saturated carbocycles. The number of rotatable bonds is 6. The largest absolute Gasteiger partial charge is 0.396 e. The molecule has 0 unspecified atom stereocenters. The zero-order chi connectivity index (χ0) is 15.0. The van der Waals surface area contributed by atoms with Crippen molar-refractivity contribution in [2.45, 2.75) is 17.7 Å². The second kappa shape index (κ2) is 5.28. The molecule has 0 aromatic heterocycles. The van der Waals surface area contributed by atoms with Gasteiger partial charge in [0.1, 0.15) is 4.90 Å². The lowest BCUT2D eigenvalue weighted by molar-refractivity contribution is -0.385. The van der Waals surface area contributed by atoms with Crippen molar-refractivity contribution in [2.75, 3.05) is 13.2 Å². The Morgan fingerprint density at radius 2 is 2.10 bits per heavy atom. The highest BCUT2D eigenvalue weighted by molar-refractivity contribution is 7.89. The van der Waals surface area contributed by atoms with Gasteiger partial charge >= 0.3 is 0 Å². The van der Waals surface area contributed by atoms with Gasteiger partial charge in [0, 0.05) is 30.7 Å². The summed E-state index contributed by atoms with van der Waals surface area (Å²) in [6.07, 6.45) is 1.49. The number of nitro groups is 1. The van der Waals surface area contributed by atoms with Gasteiger partial charge in [0.15, 0.2) is 0 Å². The Morgan fingerprint density at radius 3 is 2.60 bits per heavy atom. The number of sulfonamides is 1. The maximum absolute atomic E-state index is 12.1. The fourth-order valence-electron chi connectivity index (χ4n) is 1.70. The van der Waals surface area contributed by atoms with E-state index in [1.165, 1.54) is 6.07 Å². The molecule has 110 valence electrons. The molecule has 0 saturated heterocycles. The number of hydrogen-bond donors (Lipinski definition) is 2. The fraction of sp³-hybridized carbons (Fsp3) is 0.455. The molecule has 2 N–H and O–H groups in total. The second-order valence-electron chi connectivity index (χ2n) is 4.85. The van der Waals surface area contributed by atoms with Crippen molar-refractivity contribution in [3.8, 4) is 0 Å². The summed E-state index contributed by atoms with van der Waals surface area (Å²) < 4.78 is 26.6. The van der Waals surface area contributed by atoms with Crippen molar-refractivity contribution in [1.82, 2.24) is 4.72 Å². The van der Waals surface area contributed by atoms with Crippen LogP contribution in [0.2, 0.25) is 5.02 Å². The summed E-state index contributed by atoms with van der Waals surface area (Å²) in [5.74, 6) is 0. The molecule has 0 aliphatic heterocycles. The van der Waals surface area contributed by atoms with E-state index in [0.717, 1.165) is 25.0 Å². The third-order valence-corrected chi connectivity index (χ3v) is 5.23. The number of aliphatic hydroxyl groups is 1. The predicted octanol–water partition coefficient (Wildman–Crippen LogP) is 1.30. The molecular weight excluding hydrogens is 308 g/mol. The van der Waals surface area contributed by atoms with Crippen LogP contribution in [0.4, 0.5) is 5.69 Å². The SMILES string of the molecule is O=[N+]([O-])c1ccc(Cl)c(S(=O)(=O)NCC2(CO)CC2)c1. The minimum Gasteiger partial charge on any atom is -0.396 e. The van der Waals surface area contributed by atoms with Crippen LogP contribution in [0.3, 0.4) is 0 Å². The number of benzene rings is 1. The van der Waals surface area contributed by atoms with E-state index in [1.807, 2.05) is 0 Å². The number of hydrogen-bond acceptors (Lipinski definition) is 5. The first-order valence-electron chi connectivity index (χ1n) is 5.84. The summed E-state index contributed by atoms with van der Waals surface area (Å²) in [4.78, 5) is 9.66. The molecule has 1 fully saturated rings. The van der Waals surface area contributed by atoms with Gasteiger partial charge in [-0.25, -0.2) is 13.1 Å². The minimum absolute atomic E-state index is 0.0862. The van der Waals surface area contributed by atoms with Crippen LogP contribution >= 0.6 is 11.6 Å². The van der Waals surface area contributed by atoms with Gasteiger partial charge in [-0.05, 0) is 18.9 Å². The molecule has 0 atom stereocenters. The molecule has 1 aromatic carbocycles. The van der Waals surface area contributed by atoms with E-state index < -0.39 is 20.4 Å². The van der Waals surface area contributed by atoms with E-state index in [-0.39, 0.29) is 28.8 Å². The smallest absolute Gasteiger partial charge is 0.270 e. The molecule has 0 spiro atoms. The summed E-state index contributed by atoms with van der Waals surface area (Å²) in [5, 5.41) is 19.7. The quantitative estimate of drug-likeness (QED) is 0.606. The molecule has 1 aliphatic rings. The van der Waals surface area contributed by atoms with E-state index in [2.05, 4.69) is 4.72 Å². The summed E-state index contributed by atoms with van der Waals surface area (Å²) in [7, 11) is -3.95. The lowest BCUT2D eigenvalue weighted by atomic mass is 10.1. The van der Waals surface area contributed by atoms with Crippen LogP contribution in [0.5, 0.6) is 0 Å². The van der Waals surface area contributed by atoms with E-state index >= 15 is 0 Å². The molecule has 9 heteroatoms. The first-order chi connectivity index (χ1) is 9.30. The first kappa shape index (κ1) is 15.2. The van der Waals surface area contributed by atoms with Gasteiger partial charge in [-0.3, -0.25) is 10.1 Å². The summed E-state index contributed by atoms with van der Waals surface area (Å²) in [6, 6.07) is 3.23. The Bertz CT molecular complexity index is 642. The predicted molar refractivity (Wildman–Crippen MR) is 72.0 cm³/mol. The van der Waals surface area contributed by atoms with Crippen LogP contribution in [0.1, 0.15) is 12.8 Å². The van der Waals surface area contributed by atoms with Crippen molar-refractivity contribution in [1.29, 1.82) is 0 Å². The van der Waals surface area contributed by atoms with Crippen molar-refractivity contribution in [3.63, 3.8) is 0 Å². The minimum atomic E-state index is -3.95. The summed E-state index contributed by atoms with van der Waals surface area (Å²) in [6.45, 7) is -0.0109. The molecule has 0 radical (unpaired) electrons. The van der Waals surface area contributed by atoms with Crippen LogP contribution in [-0.4, -0.2) is 31.6 Å². The third kappa shape index (κ3) is 3.09. The van der Waals surface area contributed by atoms with Gasteiger partial charge in [0.2, 0.25) is 10.0 Å². The van der Waals surface area contributed by atoms with Crippen LogP contribution in [0, 0.1) is 15.5 Å². The van der Waals surface area contributed by atoms with Gasteiger partial charge in [-0.15, -0.1) is 0 Å². The zero-order valence-electron chi connectivity index (χ0n) is 10.4. The summed E-state index contributed by atoms with van der Waals surface area (Å²) >= 11 is 5.79. The van der Waals surface area contributed by atoms with Crippen LogP contribution in [0.25, 0.3) is 0 Å². The highest BCUT2D eigenvalue weighted by Crippen LogP contribution is 2.44. The Kier molecular flexibility index (Phi) is 4.01. The normalized spacial score (nSPS) is 16.9. The number of halogens is 1. The van der Waals surface area contributed by atoms with E-state index in [4.69, 9.17) is 16.7 Å². The molecule has 0 bridgehead atoms. The molecule has 1 aromatic rings. The fourth-order valence-corrected chi connectivity index (χ4v) is 3.38. The van der Waals surface area contributed by atoms with Crippen LogP contribution in [-0.2, 0) is 10.0 Å². The number of non-ortho nitro benzene ring substituents is 1. The molecule has 2 rings (SSSR count). The van der Waals surface area contributed by atoms with Gasteiger partial charge in [0.25, 0.3) is 5.69 Å². The third-order valence-electron chi connectivity index (χ3n) is 3.34. The first-order valence-corrected chi connectivity index (χ1v) is 7.70. The van der Waals surface area contributed by atoms with Crippen molar-refractivity contribution >= 4 is 27.3 Å². The molecule has 1 aliphatic carbocycles. The Labute approximate surface area is 120 Å². The maximum atomic E-state index is 12.1. The number of nitrogens with zero attached hydrogens (tertiary/aromatic N) is 1. The molecular formula is C11H13ClN2O5S. The summed E-state index contributed by atoms with van der Waals surface area (Å²) in [5.41, 5.74) is -0.752. The molecule has 0 amide bonds. The number of nitrogens with one attached hydrogen (secondary N) is 1. The van der Waals surface area contributed by atoms with Gasteiger partial charge in [0.05, 0.1) is 9.95 Å². The van der Waals surface area contributed by atoms with E-state index in [9.17, 15) is 18.5 Å². The highest BCUT2D eigenvalue weighted by Gasteiger charge is 2.42. The topological polar surface area (TPSA) is 110 Å². The molecule has 20 heavy (non-hydrogen) atoms. The van der Waals surface area contributed by atoms with Crippen LogP contribution < -0.4 is 4.72 Å². The standard InChI is InChI=1S/C11H13ClN2O5S/c12-9-2-1-8(14(16)17)5-10(9)20(18,19)13-6-11(7-15)3-4-11/h1-2,5,13,15H,3-4,6-7H2. The van der Waals surface area contributed by atoms with E-state index in [0.29, 0.717) is 0 Å². The van der Waals surface area contributed by atoms with Crippen LogP contribution in [0.15, 0.2) is 23.1 Å². The van der Waals surface area contributed by atoms with E-state index in [1.54, 1.807) is 0 Å². The molecule has 0 heterocycles. The van der Waals surface area contributed by atoms with Crippen molar-refractivity contribution < 1.29 is 18.4 Å². The second-order valence-corrected chi connectivity index (χ2v) is 7.00. The maximum Gasteiger partial charge on any atom is 0.270 e. The highest BCUT2D eigenvalue weighted by atomic mass is 35.5. The zero-order valence-corrected chi connectivity index (χ0v) is 11.9. The number of aliphatic hydroxyl groups excluding tert-OH is 1. The van der Waals surface area contributed by atoms with Gasteiger partial charge < -0.3 is 5.11 Å². The lowest BCUT2D eigenvalue weighted by Gasteiger charge is -2.13. The number of nitro benzene ring substituents is 1. The average molecular weight is 321 g/mol. The van der Waals surface area contributed by atoms with Gasteiger partial charge in [-0.1, -0.05) is 11.6 Å². The Morgan fingerprint density at radius 1 is 1.45 bits per heavy atom.